The molecule has 2 N–H and O–H groups in total. The molecule has 2 aromatic heterocycles. The second-order valence-electron chi connectivity index (χ2n) is 8.49. The number of furan rings is 1. The number of hydrogen-bond donors (Lipinski definition) is 2. The van der Waals surface area contributed by atoms with Gasteiger partial charge in [-0.3, -0.25) is 14.4 Å². The molecule has 0 spiro atoms. The highest BCUT2D eigenvalue weighted by atomic mass is 32.1. The highest BCUT2D eigenvalue weighted by molar-refractivity contribution is 7.10. The topological polar surface area (TPSA) is 91.6 Å². The third kappa shape index (κ3) is 4.85. The second-order valence-corrected chi connectivity index (χ2v) is 9.49. The summed E-state index contributed by atoms with van der Waals surface area (Å²) in [5.74, 6) is -0.854. The van der Waals surface area contributed by atoms with Crippen molar-refractivity contribution in [3.05, 3.63) is 75.4 Å². The van der Waals surface area contributed by atoms with E-state index in [1.54, 1.807) is 41.7 Å². The molecule has 0 radical (unpaired) electrons. The minimum absolute atomic E-state index is 0.0491. The van der Waals surface area contributed by atoms with Gasteiger partial charge in [-0.1, -0.05) is 19.9 Å². The predicted molar refractivity (Wildman–Crippen MR) is 127 cm³/mol. The van der Waals surface area contributed by atoms with E-state index in [4.69, 9.17) is 4.42 Å². The Bertz CT molecular complexity index is 1170. The molecule has 0 saturated carbocycles. The largest absolute Gasteiger partial charge is 0.459 e. The SMILES string of the molecule is Cc1c(NC(=O)C(NC(=O)c2ccco2)C(C)C)cccc1C(=O)N1CCc2sccc2C1. The van der Waals surface area contributed by atoms with Crippen molar-refractivity contribution in [1.29, 1.82) is 0 Å². The van der Waals surface area contributed by atoms with Crippen molar-refractivity contribution in [2.24, 2.45) is 5.92 Å². The van der Waals surface area contributed by atoms with Crippen molar-refractivity contribution in [3.8, 4) is 0 Å². The second kappa shape index (κ2) is 9.62. The smallest absolute Gasteiger partial charge is 0.287 e. The summed E-state index contributed by atoms with van der Waals surface area (Å²) in [7, 11) is 0. The van der Waals surface area contributed by atoms with E-state index in [2.05, 4.69) is 22.1 Å². The quantitative estimate of drug-likeness (QED) is 0.570. The minimum atomic E-state index is -0.763. The lowest BCUT2D eigenvalue weighted by atomic mass is 10.0. The first kappa shape index (κ1) is 22.8. The summed E-state index contributed by atoms with van der Waals surface area (Å²) >= 11 is 1.73. The van der Waals surface area contributed by atoms with Crippen LogP contribution in [0.4, 0.5) is 5.69 Å². The zero-order valence-electron chi connectivity index (χ0n) is 18.9. The number of nitrogens with zero attached hydrogens (tertiary/aromatic N) is 1. The fourth-order valence-corrected chi connectivity index (χ4v) is 4.85. The molecule has 0 saturated heterocycles. The van der Waals surface area contributed by atoms with E-state index >= 15 is 0 Å². The summed E-state index contributed by atoms with van der Waals surface area (Å²) < 4.78 is 5.12. The molecule has 172 valence electrons. The Morgan fingerprint density at radius 1 is 1.12 bits per heavy atom. The van der Waals surface area contributed by atoms with Gasteiger partial charge in [0.2, 0.25) is 5.91 Å². The van der Waals surface area contributed by atoms with Crippen LogP contribution in [-0.4, -0.2) is 35.2 Å². The molecule has 8 heteroatoms. The summed E-state index contributed by atoms with van der Waals surface area (Å²) in [6.07, 6.45) is 2.27. The number of rotatable bonds is 6. The molecule has 1 unspecified atom stereocenters. The van der Waals surface area contributed by atoms with Gasteiger partial charge in [0.15, 0.2) is 5.76 Å². The first-order valence-corrected chi connectivity index (χ1v) is 11.8. The van der Waals surface area contributed by atoms with Crippen molar-refractivity contribution < 1.29 is 18.8 Å². The average molecular weight is 466 g/mol. The van der Waals surface area contributed by atoms with Crippen LogP contribution in [0.1, 0.15) is 50.8 Å². The number of anilines is 1. The van der Waals surface area contributed by atoms with Crippen molar-refractivity contribution in [2.75, 3.05) is 11.9 Å². The van der Waals surface area contributed by atoms with E-state index in [1.165, 1.54) is 16.7 Å². The first-order valence-electron chi connectivity index (χ1n) is 10.9. The average Bonchev–Trinajstić information content (AvgIpc) is 3.49. The maximum absolute atomic E-state index is 13.3. The molecule has 0 bridgehead atoms. The molecule has 33 heavy (non-hydrogen) atoms. The maximum atomic E-state index is 13.3. The molecule has 1 aromatic carbocycles. The van der Waals surface area contributed by atoms with Gasteiger partial charge in [0, 0.05) is 29.2 Å². The third-order valence-corrected chi connectivity index (χ3v) is 6.92. The van der Waals surface area contributed by atoms with Crippen LogP contribution in [0.2, 0.25) is 0 Å². The van der Waals surface area contributed by atoms with Crippen molar-refractivity contribution >= 4 is 34.7 Å². The lowest BCUT2D eigenvalue weighted by Crippen LogP contribution is -2.47. The fourth-order valence-electron chi connectivity index (χ4n) is 3.96. The van der Waals surface area contributed by atoms with Crippen molar-refractivity contribution in [3.63, 3.8) is 0 Å². The summed E-state index contributed by atoms with van der Waals surface area (Å²) in [6.45, 7) is 6.82. The van der Waals surface area contributed by atoms with Gasteiger partial charge < -0.3 is 20.0 Å². The van der Waals surface area contributed by atoms with Gasteiger partial charge in [-0.15, -0.1) is 11.3 Å². The van der Waals surface area contributed by atoms with Gasteiger partial charge in [0.05, 0.1) is 6.26 Å². The number of fused-ring (bicyclic) bond motifs is 1. The number of hydrogen-bond acceptors (Lipinski definition) is 5. The Hall–Kier alpha value is -3.39. The number of nitrogens with one attached hydrogen (secondary N) is 2. The number of carbonyl (C=O) groups is 3. The van der Waals surface area contributed by atoms with E-state index in [1.807, 2.05) is 25.7 Å². The van der Waals surface area contributed by atoms with Gasteiger partial charge >= 0.3 is 0 Å². The summed E-state index contributed by atoms with van der Waals surface area (Å²) in [5.41, 5.74) is 3.02. The molecule has 0 fully saturated rings. The highest BCUT2D eigenvalue weighted by Gasteiger charge is 2.28. The summed E-state index contributed by atoms with van der Waals surface area (Å²) in [6, 6.07) is 9.79. The zero-order valence-corrected chi connectivity index (χ0v) is 19.7. The van der Waals surface area contributed by atoms with Crippen LogP contribution >= 0.6 is 11.3 Å². The molecule has 0 aliphatic carbocycles. The molecule has 4 rings (SSSR count). The van der Waals surface area contributed by atoms with Crippen LogP contribution in [0, 0.1) is 12.8 Å². The molecule has 3 amide bonds. The third-order valence-electron chi connectivity index (χ3n) is 5.90. The van der Waals surface area contributed by atoms with E-state index in [9.17, 15) is 14.4 Å². The van der Waals surface area contributed by atoms with Crippen molar-refractivity contribution in [1.82, 2.24) is 10.2 Å². The number of thiophene rings is 1. The zero-order chi connectivity index (χ0) is 23.5. The lowest BCUT2D eigenvalue weighted by molar-refractivity contribution is -0.118. The lowest BCUT2D eigenvalue weighted by Gasteiger charge is -2.28. The number of amides is 3. The van der Waals surface area contributed by atoms with Crippen LogP contribution < -0.4 is 10.6 Å². The molecule has 3 aromatic rings. The van der Waals surface area contributed by atoms with Gasteiger partial charge in [-0.05, 0) is 66.1 Å². The van der Waals surface area contributed by atoms with Gasteiger partial charge in [-0.25, -0.2) is 0 Å². The molecule has 1 atom stereocenters. The fraction of sp³-hybridized carbons (Fsp3) is 0.320. The van der Waals surface area contributed by atoms with E-state index in [0.29, 0.717) is 29.9 Å². The molecule has 1 aliphatic heterocycles. The Kier molecular flexibility index (Phi) is 6.65. The Morgan fingerprint density at radius 3 is 2.67 bits per heavy atom. The number of benzene rings is 1. The molecular formula is C25H27N3O4S. The van der Waals surface area contributed by atoms with E-state index in [-0.39, 0.29) is 23.5 Å². The van der Waals surface area contributed by atoms with Crippen LogP contribution in [0.25, 0.3) is 0 Å². The summed E-state index contributed by atoms with van der Waals surface area (Å²) in [4.78, 5) is 41.9. The normalized spacial score (nSPS) is 14.0. The van der Waals surface area contributed by atoms with Crippen LogP contribution in [0.3, 0.4) is 0 Å². The molecule has 7 nitrogen and oxygen atoms in total. The molecule has 3 heterocycles. The van der Waals surface area contributed by atoms with Gasteiger partial charge in [-0.2, -0.15) is 0 Å². The van der Waals surface area contributed by atoms with E-state index < -0.39 is 11.9 Å². The van der Waals surface area contributed by atoms with E-state index in [0.717, 1.165) is 6.42 Å². The first-order chi connectivity index (χ1) is 15.8. The Balaban J connectivity index is 1.49. The predicted octanol–water partition coefficient (Wildman–Crippen LogP) is 4.24. The standard InChI is InChI=1S/C25H27N3O4S/c1-15(2)22(27-23(29)20-8-5-12-32-20)24(30)26-19-7-4-6-18(16(19)3)25(31)28-11-9-21-17(14-28)10-13-33-21/h4-8,10,12-13,15,22H,9,11,14H2,1-3H3,(H,26,30)(H,27,29). The van der Waals surface area contributed by atoms with Crippen LogP contribution in [0.5, 0.6) is 0 Å². The van der Waals surface area contributed by atoms with Crippen LogP contribution in [0.15, 0.2) is 52.5 Å². The Labute approximate surface area is 196 Å². The monoisotopic (exact) mass is 465 g/mol. The maximum Gasteiger partial charge on any atom is 0.287 e. The number of carbonyl (C=O) groups excluding carboxylic acids is 3. The van der Waals surface area contributed by atoms with Gasteiger partial charge in [0.25, 0.3) is 11.8 Å². The molecular weight excluding hydrogens is 438 g/mol. The minimum Gasteiger partial charge on any atom is -0.459 e. The highest BCUT2D eigenvalue weighted by Crippen LogP contribution is 2.27. The van der Waals surface area contributed by atoms with Gasteiger partial charge in [0.1, 0.15) is 6.04 Å². The van der Waals surface area contributed by atoms with Crippen LogP contribution in [-0.2, 0) is 17.8 Å². The Morgan fingerprint density at radius 2 is 1.94 bits per heavy atom. The molecule has 1 aliphatic rings. The van der Waals surface area contributed by atoms with Crippen molar-refractivity contribution in [2.45, 2.75) is 39.8 Å². The summed E-state index contributed by atoms with van der Waals surface area (Å²) in [5, 5.41) is 7.70.